The molecular weight excluding hydrogens is 247 g/mol. The maximum atomic E-state index is 13.1. The quantitative estimate of drug-likeness (QED) is 0.902. The molecule has 0 bridgehead atoms. The van der Waals surface area contributed by atoms with Crippen molar-refractivity contribution in [2.24, 2.45) is 0 Å². The maximum Gasteiger partial charge on any atom is 0.273 e. The van der Waals surface area contributed by atoms with Gasteiger partial charge < -0.3 is 9.84 Å². The first-order valence-electron chi connectivity index (χ1n) is 6.16. The van der Waals surface area contributed by atoms with Crippen molar-refractivity contribution in [2.45, 2.75) is 25.8 Å². The van der Waals surface area contributed by atoms with E-state index in [-0.39, 0.29) is 23.5 Å². The van der Waals surface area contributed by atoms with Gasteiger partial charge in [0.05, 0.1) is 6.04 Å². The van der Waals surface area contributed by atoms with Crippen LogP contribution in [0.15, 0.2) is 28.8 Å². The molecule has 0 fully saturated rings. The monoisotopic (exact) mass is 260 g/mol. The molecule has 0 aliphatic heterocycles. The highest BCUT2D eigenvalue weighted by atomic mass is 19.1. The molecule has 4 nitrogen and oxygen atoms in total. The highest BCUT2D eigenvalue weighted by molar-refractivity contribution is 5.92. The number of carbonyl (C=O) groups excluding carboxylic acids is 1. The summed E-state index contributed by atoms with van der Waals surface area (Å²) >= 11 is 0. The van der Waals surface area contributed by atoms with Crippen molar-refractivity contribution in [1.82, 2.24) is 10.5 Å². The molecule has 1 aliphatic rings. The van der Waals surface area contributed by atoms with Crippen LogP contribution in [0, 0.1) is 12.7 Å². The molecule has 5 heteroatoms. The number of nitrogens with one attached hydrogen (secondary N) is 1. The third-order valence-electron chi connectivity index (χ3n) is 3.35. The van der Waals surface area contributed by atoms with Gasteiger partial charge in [0.2, 0.25) is 0 Å². The normalized spacial score (nSPS) is 17.3. The van der Waals surface area contributed by atoms with Crippen LogP contribution in [0.4, 0.5) is 4.39 Å². The standard InChI is InChI=1S/C14H13FN2O2/c1-8-6-13(17-19-8)14(18)16-12-5-2-9-7-10(15)3-4-11(9)12/h3-4,6-7,12H,2,5H2,1H3,(H,16,18)/t12-/m0/s1. The molecule has 1 atom stereocenters. The molecule has 1 N–H and O–H groups in total. The number of nitrogens with zero attached hydrogens (tertiary/aromatic N) is 1. The van der Waals surface area contributed by atoms with Gasteiger partial charge in [-0.2, -0.15) is 0 Å². The lowest BCUT2D eigenvalue weighted by molar-refractivity contribution is 0.0927. The molecule has 1 aromatic carbocycles. The van der Waals surface area contributed by atoms with Crippen LogP contribution in [-0.2, 0) is 6.42 Å². The van der Waals surface area contributed by atoms with Gasteiger partial charge in [0.25, 0.3) is 5.91 Å². The summed E-state index contributed by atoms with van der Waals surface area (Å²) in [7, 11) is 0. The summed E-state index contributed by atoms with van der Waals surface area (Å²) in [6, 6.07) is 6.19. The molecule has 98 valence electrons. The predicted octanol–water partition coefficient (Wildman–Crippen LogP) is 2.54. The smallest absolute Gasteiger partial charge is 0.273 e. The average molecular weight is 260 g/mol. The van der Waals surface area contributed by atoms with Gasteiger partial charge in [-0.25, -0.2) is 4.39 Å². The predicted molar refractivity (Wildman–Crippen MR) is 66.2 cm³/mol. The fourth-order valence-corrected chi connectivity index (χ4v) is 2.44. The molecule has 0 saturated heterocycles. The van der Waals surface area contributed by atoms with Crippen LogP contribution in [0.2, 0.25) is 0 Å². The van der Waals surface area contributed by atoms with Gasteiger partial charge >= 0.3 is 0 Å². The fraction of sp³-hybridized carbons (Fsp3) is 0.286. The molecule has 1 amide bonds. The number of fused-ring (bicyclic) bond motifs is 1. The molecule has 0 spiro atoms. The van der Waals surface area contributed by atoms with Crippen molar-refractivity contribution in [1.29, 1.82) is 0 Å². The third-order valence-corrected chi connectivity index (χ3v) is 3.35. The lowest BCUT2D eigenvalue weighted by atomic mass is 10.1. The molecular formula is C14H13FN2O2. The largest absolute Gasteiger partial charge is 0.361 e. The number of carbonyl (C=O) groups is 1. The Balaban J connectivity index is 1.78. The van der Waals surface area contributed by atoms with Gasteiger partial charge in [0, 0.05) is 6.07 Å². The Kier molecular flexibility index (Phi) is 2.81. The van der Waals surface area contributed by atoms with Crippen molar-refractivity contribution >= 4 is 5.91 Å². The van der Waals surface area contributed by atoms with E-state index in [2.05, 4.69) is 10.5 Å². The molecule has 3 rings (SSSR count). The van der Waals surface area contributed by atoms with Gasteiger partial charge in [0.15, 0.2) is 5.69 Å². The van der Waals surface area contributed by atoms with Gasteiger partial charge in [-0.1, -0.05) is 11.2 Å². The van der Waals surface area contributed by atoms with E-state index in [4.69, 9.17) is 4.52 Å². The topological polar surface area (TPSA) is 55.1 Å². The number of hydrogen-bond acceptors (Lipinski definition) is 3. The summed E-state index contributed by atoms with van der Waals surface area (Å²) in [4.78, 5) is 12.0. The first-order chi connectivity index (χ1) is 9.13. The van der Waals surface area contributed by atoms with Crippen LogP contribution in [-0.4, -0.2) is 11.1 Å². The minimum absolute atomic E-state index is 0.0832. The van der Waals surface area contributed by atoms with E-state index >= 15 is 0 Å². The van der Waals surface area contributed by atoms with Gasteiger partial charge in [0.1, 0.15) is 11.6 Å². The highest BCUT2D eigenvalue weighted by Gasteiger charge is 2.25. The van der Waals surface area contributed by atoms with Crippen LogP contribution in [0.5, 0.6) is 0 Å². The molecule has 1 aromatic heterocycles. The van der Waals surface area contributed by atoms with Crippen molar-refractivity contribution in [2.75, 3.05) is 0 Å². The Morgan fingerprint density at radius 3 is 3.05 bits per heavy atom. The van der Waals surface area contributed by atoms with Crippen LogP contribution in [0.1, 0.15) is 39.8 Å². The van der Waals surface area contributed by atoms with Crippen molar-refractivity contribution in [3.05, 3.63) is 52.7 Å². The first kappa shape index (κ1) is 11.9. The summed E-state index contributed by atoms with van der Waals surface area (Å²) in [6.07, 6.45) is 1.55. The van der Waals surface area contributed by atoms with Crippen molar-refractivity contribution in [3.63, 3.8) is 0 Å². The lowest BCUT2D eigenvalue weighted by Crippen LogP contribution is -2.27. The minimum atomic E-state index is -0.265. The van der Waals surface area contributed by atoms with E-state index in [1.807, 2.05) is 0 Å². The third kappa shape index (κ3) is 2.23. The summed E-state index contributed by atoms with van der Waals surface area (Å²) in [5.41, 5.74) is 2.21. The zero-order chi connectivity index (χ0) is 13.4. The second-order valence-corrected chi connectivity index (χ2v) is 4.73. The van der Waals surface area contributed by atoms with E-state index in [0.717, 1.165) is 24.0 Å². The fourth-order valence-electron chi connectivity index (χ4n) is 2.44. The highest BCUT2D eigenvalue weighted by Crippen LogP contribution is 2.31. The van der Waals surface area contributed by atoms with Crippen LogP contribution in [0.3, 0.4) is 0 Å². The van der Waals surface area contributed by atoms with Gasteiger partial charge in [-0.15, -0.1) is 0 Å². The Morgan fingerprint density at radius 1 is 1.47 bits per heavy atom. The SMILES string of the molecule is Cc1cc(C(=O)N[C@H]2CCc3cc(F)ccc32)no1. The van der Waals surface area contributed by atoms with E-state index in [1.54, 1.807) is 19.1 Å². The van der Waals surface area contributed by atoms with Gasteiger partial charge in [-0.05, 0) is 43.0 Å². The van der Waals surface area contributed by atoms with E-state index in [9.17, 15) is 9.18 Å². The first-order valence-corrected chi connectivity index (χ1v) is 6.16. The molecule has 1 heterocycles. The van der Waals surface area contributed by atoms with Crippen LogP contribution >= 0.6 is 0 Å². The van der Waals surface area contributed by atoms with E-state index in [0.29, 0.717) is 5.76 Å². The summed E-state index contributed by atoms with van der Waals surface area (Å²) in [5, 5.41) is 6.58. The number of benzene rings is 1. The number of halogens is 1. The van der Waals surface area contributed by atoms with Crippen LogP contribution < -0.4 is 5.32 Å². The molecule has 19 heavy (non-hydrogen) atoms. The number of hydrogen-bond donors (Lipinski definition) is 1. The Morgan fingerprint density at radius 2 is 2.32 bits per heavy atom. The van der Waals surface area contributed by atoms with Crippen molar-refractivity contribution < 1.29 is 13.7 Å². The average Bonchev–Trinajstić information content (AvgIpc) is 2.96. The summed E-state index contributed by atoms with van der Waals surface area (Å²) < 4.78 is 18.0. The molecule has 0 radical (unpaired) electrons. The number of aryl methyl sites for hydroxylation is 2. The molecule has 1 aliphatic carbocycles. The zero-order valence-corrected chi connectivity index (χ0v) is 10.4. The molecule has 2 aromatic rings. The number of amides is 1. The minimum Gasteiger partial charge on any atom is -0.361 e. The van der Waals surface area contributed by atoms with Gasteiger partial charge in [-0.3, -0.25) is 4.79 Å². The van der Waals surface area contributed by atoms with E-state index < -0.39 is 0 Å². The van der Waals surface area contributed by atoms with E-state index in [1.165, 1.54) is 12.1 Å². The van der Waals surface area contributed by atoms with Crippen molar-refractivity contribution in [3.8, 4) is 0 Å². The Labute approximate surface area is 109 Å². The summed E-state index contributed by atoms with van der Waals surface area (Å²) in [6.45, 7) is 1.73. The number of rotatable bonds is 2. The number of aromatic nitrogens is 1. The van der Waals surface area contributed by atoms with Crippen LogP contribution in [0.25, 0.3) is 0 Å². The second kappa shape index (κ2) is 4.50. The Hall–Kier alpha value is -2.17. The zero-order valence-electron chi connectivity index (χ0n) is 10.4. The summed E-state index contributed by atoms with van der Waals surface area (Å²) in [5.74, 6) is 0.0934. The Bertz CT molecular complexity index is 636. The second-order valence-electron chi connectivity index (χ2n) is 4.73. The lowest BCUT2D eigenvalue weighted by Gasteiger charge is -2.12. The molecule has 0 unspecified atom stereocenters. The molecule has 0 saturated carbocycles. The maximum absolute atomic E-state index is 13.1.